The number of carbonyl (C=O) groups excluding carboxylic acids is 1. The predicted molar refractivity (Wildman–Crippen MR) is 67.8 cm³/mol. The van der Waals surface area contributed by atoms with Crippen LogP contribution in [0.2, 0.25) is 0 Å². The normalized spacial score (nSPS) is 11.8. The summed E-state index contributed by atoms with van der Waals surface area (Å²) < 4.78 is 6.28. The van der Waals surface area contributed by atoms with E-state index in [1.54, 1.807) is 18.3 Å². The number of aromatic nitrogens is 1. The summed E-state index contributed by atoms with van der Waals surface area (Å²) in [5.41, 5.74) is 0.824. The minimum atomic E-state index is -0.598. The number of hydrogen-bond donors (Lipinski definition) is 0. The highest BCUT2D eigenvalue weighted by Crippen LogP contribution is 2.20. The van der Waals surface area contributed by atoms with Gasteiger partial charge in [0.05, 0.1) is 6.20 Å². The zero-order valence-corrected chi connectivity index (χ0v) is 10.5. The number of hydrogen-bond acceptors (Lipinski definition) is 3. The molecule has 0 spiro atoms. The van der Waals surface area contributed by atoms with Crippen molar-refractivity contribution in [3.05, 3.63) is 58.8 Å². The van der Waals surface area contributed by atoms with Gasteiger partial charge in [0, 0.05) is 0 Å². The van der Waals surface area contributed by atoms with Gasteiger partial charge in [0.15, 0.2) is 12.4 Å². The molecule has 0 aliphatic rings. The Morgan fingerprint density at radius 2 is 1.94 bits per heavy atom. The van der Waals surface area contributed by atoms with Gasteiger partial charge in [-0.15, -0.1) is 0 Å². The highest BCUT2D eigenvalue weighted by molar-refractivity contribution is 9.10. The molecule has 0 saturated carbocycles. The minimum absolute atomic E-state index is 0.564. The van der Waals surface area contributed by atoms with Crippen LogP contribution in [0.5, 0.6) is 5.75 Å². The van der Waals surface area contributed by atoms with Gasteiger partial charge in [-0.3, -0.25) is 4.79 Å². The van der Waals surface area contributed by atoms with Gasteiger partial charge in [0.25, 0.3) is 0 Å². The molecule has 4 heteroatoms. The first-order chi connectivity index (χ1) is 8.29. The van der Waals surface area contributed by atoms with Crippen molar-refractivity contribution in [3.8, 4) is 5.75 Å². The quantitative estimate of drug-likeness (QED) is 0.642. The molecule has 2 aromatic rings. The summed E-state index contributed by atoms with van der Waals surface area (Å²) in [4.78, 5) is 15.1. The zero-order valence-electron chi connectivity index (χ0n) is 8.92. The standard InChI is InChI=1S/C13H10BrNO2/c14-13-7-6-11(8-15-13)17-12(9-16)10-4-2-1-3-5-10/h1-9,12H/t12-/m1/s1. The lowest BCUT2D eigenvalue weighted by atomic mass is 10.1. The van der Waals surface area contributed by atoms with Gasteiger partial charge in [0.2, 0.25) is 0 Å². The molecule has 0 aliphatic heterocycles. The van der Waals surface area contributed by atoms with Crippen LogP contribution in [0.15, 0.2) is 53.3 Å². The molecule has 1 aromatic carbocycles. The van der Waals surface area contributed by atoms with Crippen molar-refractivity contribution in [2.24, 2.45) is 0 Å². The molecule has 0 aliphatic carbocycles. The first-order valence-corrected chi connectivity index (χ1v) is 5.87. The summed E-state index contributed by atoms with van der Waals surface area (Å²) in [5.74, 6) is 0.564. The molecule has 2 rings (SSSR count). The lowest BCUT2D eigenvalue weighted by Gasteiger charge is -2.13. The topological polar surface area (TPSA) is 39.2 Å². The van der Waals surface area contributed by atoms with Crippen molar-refractivity contribution in [3.63, 3.8) is 0 Å². The van der Waals surface area contributed by atoms with E-state index in [9.17, 15) is 4.79 Å². The van der Waals surface area contributed by atoms with Crippen LogP contribution < -0.4 is 4.74 Å². The zero-order chi connectivity index (χ0) is 12.1. The summed E-state index contributed by atoms with van der Waals surface area (Å²) in [6.45, 7) is 0. The van der Waals surface area contributed by atoms with Gasteiger partial charge in [0.1, 0.15) is 10.4 Å². The predicted octanol–water partition coefficient (Wildman–Crippen LogP) is 3.16. The van der Waals surface area contributed by atoms with E-state index in [1.165, 1.54) is 0 Å². The largest absolute Gasteiger partial charge is 0.477 e. The summed E-state index contributed by atoms with van der Waals surface area (Å²) in [6, 6.07) is 12.9. The molecule has 17 heavy (non-hydrogen) atoms. The van der Waals surface area contributed by atoms with Crippen molar-refractivity contribution in [2.45, 2.75) is 6.10 Å². The Balaban J connectivity index is 2.16. The van der Waals surface area contributed by atoms with Crippen molar-refractivity contribution < 1.29 is 9.53 Å². The van der Waals surface area contributed by atoms with E-state index < -0.39 is 6.10 Å². The average molecular weight is 292 g/mol. The third-order valence-electron chi connectivity index (χ3n) is 2.22. The van der Waals surface area contributed by atoms with E-state index in [4.69, 9.17) is 4.74 Å². The fourth-order valence-corrected chi connectivity index (χ4v) is 1.63. The first kappa shape index (κ1) is 11.8. The second-order valence-electron chi connectivity index (χ2n) is 3.40. The molecule has 86 valence electrons. The van der Waals surface area contributed by atoms with E-state index in [0.717, 1.165) is 16.5 Å². The van der Waals surface area contributed by atoms with Gasteiger partial charge in [-0.1, -0.05) is 30.3 Å². The van der Waals surface area contributed by atoms with Crippen LogP contribution in [-0.4, -0.2) is 11.3 Å². The van der Waals surface area contributed by atoms with E-state index in [0.29, 0.717) is 5.75 Å². The maximum atomic E-state index is 11.0. The van der Waals surface area contributed by atoms with Crippen LogP contribution in [0, 0.1) is 0 Å². The molecule has 1 aromatic heterocycles. The Labute approximate surface area is 108 Å². The first-order valence-electron chi connectivity index (χ1n) is 5.08. The Bertz CT molecular complexity index is 485. The van der Waals surface area contributed by atoms with Gasteiger partial charge < -0.3 is 4.74 Å². The van der Waals surface area contributed by atoms with Crippen molar-refractivity contribution in [1.29, 1.82) is 0 Å². The number of halogens is 1. The van der Waals surface area contributed by atoms with Crippen LogP contribution in [-0.2, 0) is 4.79 Å². The Morgan fingerprint density at radius 1 is 1.18 bits per heavy atom. The second-order valence-corrected chi connectivity index (χ2v) is 4.21. The van der Waals surface area contributed by atoms with E-state index in [2.05, 4.69) is 20.9 Å². The molecular formula is C13H10BrNO2. The Hall–Kier alpha value is -1.68. The van der Waals surface area contributed by atoms with E-state index in [-0.39, 0.29) is 0 Å². The molecule has 1 heterocycles. The van der Waals surface area contributed by atoms with Gasteiger partial charge in [-0.25, -0.2) is 4.98 Å². The summed E-state index contributed by atoms with van der Waals surface area (Å²) in [5, 5.41) is 0. The van der Waals surface area contributed by atoms with Crippen LogP contribution in [0.3, 0.4) is 0 Å². The third kappa shape index (κ3) is 3.14. The van der Waals surface area contributed by atoms with Crippen LogP contribution in [0.25, 0.3) is 0 Å². The molecular weight excluding hydrogens is 282 g/mol. The maximum Gasteiger partial charge on any atom is 0.179 e. The number of benzene rings is 1. The summed E-state index contributed by atoms with van der Waals surface area (Å²) in [7, 11) is 0. The average Bonchev–Trinajstić information content (AvgIpc) is 2.39. The molecule has 0 N–H and O–H groups in total. The van der Waals surface area contributed by atoms with E-state index in [1.807, 2.05) is 30.3 Å². The molecule has 0 fully saturated rings. The van der Waals surface area contributed by atoms with E-state index >= 15 is 0 Å². The molecule has 0 bridgehead atoms. The second kappa shape index (κ2) is 5.59. The van der Waals surface area contributed by atoms with Gasteiger partial charge >= 0.3 is 0 Å². The molecule has 0 unspecified atom stereocenters. The monoisotopic (exact) mass is 291 g/mol. The highest BCUT2D eigenvalue weighted by atomic mass is 79.9. The summed E-state index contributed by atoms with van der Waals surface area (Å²) in [6.07, 6.45) is 1.75. The maximum absolute atomic E-state index is 11.0. The number of ether oxygens (including phenoxy) is 1. The van der Waals surface area contributed by atoms with Gasteiger partial charge in [-0.05, 0) is 33.6 Å². The van der Waals surface area contributed by atoms with Crippen molar-refractivity contribution in [2.75, 3.05) is 0 Å². The summed E-state index contributed by atoms with van der Waals surface area (Å²) >= 11 is 3.24. The molecule has 0 amide bonds. The Morgan fingerprint density at radius 3 is 2.53 bits per heavy atom. The highest BCUT2D eigenvalue weighted by Gasteiger charge is 2.11. The van der Waals surface area contributed by atoms with Gasteiger partial charge in [-0.2, -0.15) is 0 Å². The fraction of sp³-hybridized carbons (Fsp3) is 0.0769. The molecule has 0 radical (unpaired) electrons. The van der Waals surface area contributed by atoms with Crippen molar-refractivity contribution >= 4 is 22.2 Å². The smallest absolute Gasteiger partial charge is 0.179 e. The number of nitrogens with zero attached hydrogens (tertiary/aromatic N) is 1. The SMILES string of the molecule is O=C[C@@H](Oc1ccc(Br)nc1)c1ccccc1. The van der Waals surface area contributed by atoms with Crippen LogP contribution >= 0.6 is 15.9 Å². The number of pyridine rings is 1. The molecule has 0 saturated heterocycles. The van der Waals surface area contributed by atoms with Crippen molar-refractivity contribution in [1.82, 2.24) is 4.98 Å². The lowest BCUT2D eigenvalue weighted by molar-refractivity contribution is -0.113. The fourth-order valence-electron chi connectivity index (χ4n) is 1.40. The molecule has 1 atom stereocenters. The lowest BCUT2D eigenvalue weighted by Crippen LogP contribution is -2.08. The Kier molecular flexibility index (Phi) is 3.88. The minimum Gasteiger partial charge on any atom is -0.477 e. The number of carbonyl (C=O) groups is 1. The van der Waals surface area contributed by atoms with Crippen LogP contribution in [0.1, 0.15) is 11.7 Å². The van der Waals surface area contributed by atoms with Crippen LogP contribution in [0.4, 0.5) is 0 Å². The molecule has 3 nitrogen and oxygen atoms in total. The third-order valence-corrected chi connectivity index (χ3v) is 2.68. The number of rotatable bonds is 4. The number of aldehydes is 1.